The van der Waals surface area contributed by atoms with Gasteiger partial charge in [-0.15, -0.1) is 0 Å². The number of nitrogens with two attached hydrogens (primary N) is 1. The number of aromatic nitrogens is 1. The Kier molecular flexibility index (Phi) is 20.1. The Morgan fingerprint density at radius 2 is 1.10 bits per heavy atom. The van der Waals surface area contributed by atoms with Gasteiger partial charge in [0.05, 0.1) is 6.04 Å². The molecule has 6 rings (SSSR count). The molecule has 1 aromatic carbocycles. The first kappa shape index (κ1) is 46.6. The van der Waals surface area contributed by atoms with Crippen molar-refractivity contribution in [2.24, 2.45) is 35.3 Å². The van der Waals surface area contributed by atoms with Crippen LogP contribution in [-0.4, -0.2) is 46.3 Å². The molecule has 4 aliphatic carbocycles. The van der Waals surface area contributed by atoms with Crippen molar-refractivity contribution in [2.75, 3.05) is 6.54 Å². The molecule has 3 amide bonds. The predicted octanol–water partition coefficient (Wildman–Crippen LogP) is 12.6. The van der Waals surface area contributed by atoms with E-state index in [2.05, 4.69) is 27.9 Å². The van der Waals surface area contributed by atoms with Crippen LogP contribution in [0.3, 0.4) is 0 Å². The number of urea groups is 1. The number of nitrogens with one attached hydrogen (secondary N) is 3. The van der Waals surface area contributed by atoms with Crippen molar-refractivity contribution >= 4 is 28.6 Å². The Morgan fingerprint density at radius 1 is 0.617 bits per heavy atom. The molecule has 1 heterocycles. The van der Waals surface area contributed by atoms with E-state index in [0.717, 1.165) is 59.9 Å². The summed E-state index contributed by atoms with van der Waals surface area (Å²) in [5.74, 6) is 3.13. The van der Waals surface area contributed by atoms with E-state index in [0.29, 0.717) is 24.7 Å². The lowest BCUT2D eigenvalue weighted by atomic mass is 9.74. The van der Waals surface area contributed by atoms with Crippen LogP contribution in [-0.2, 0) is 16.0 Å². The number of nitrogens with zero attached hydrogens (tertiary/aromatic N) is 1. The highest BCUT2D eigenvalue weighted by molar-refractivity contribution is 5.91. The fourth-order valence-electron chi connectivity index (χ4n) is 12.2. The zero-order chi connectivity index (χ0) is 41.8. The molecule has 4 aliphatic rings. The number of rotatable bonds is 11. The number of hydrazine groups is 1. The Labute approximate surface area is 364 Å². The highest BCUT2D eigenvalue weighted by Crippen LogP contribution is 2.42. The fraction of sp³-hybridized carbons (Fsp3) is 0.788. The van der Waals surface area contributed by atoms with E-state index in [1.807, 2.05) is 18.3 Å². The Hall–Kier alpha value is -2.87. The highest BCUT2D eigenvalue weighted by Gasteiger charge is 2.35. The maximum absolute atomic E-state index is 14.7. The van der Waals surface area contributed by atoms with Gasteiger partial charge >= 0.3 is 6.03 Å². The number of Topliss-reactive ketones (excluding diaryl/α,β-unsaturated/α-hetero) is 1. The van der Waals surface area contributed by atoms with Crippen molar-refractivity contribution in [3.63, 3.8) is 0 Å². The van der Waals surface area contributed by atoms with E-state index < -0.39 is 12.1 Å². The van der Waals surface area contributed by atoms with Crippen LogP contribution in [0.5, 0.6) is 0 Å². The van der Waals surface area contributed by atoms with Crippen molar-refractivity contribution in [2.45, 2.75) is 224 Å². The van der Waals surface area contributed by atoms with Crippen molar-refractivity contribution < 1.29 is 14.4 Å². The molecule has 5 N–H and O–H groups in total. The minimum atomic E-state index is -0.811. The molecule has 2 unspecified atom stereocenters. The molecule has 0 bridgehead atoms. The number of hydrogen-bond donors (Lipinski definition) is 4. The second kappa shape index (κ2) is 25.9. The monoisotopic (exact) mass is 828 g/mol. The first-order valence-corrected chi connectivity index (χ1v) is 25.6. The number of aromatic amines is 1. The quantitative estimate of drug-likeness (QED) is 0.169. The van der Waals surface area contributed by atoms with Gasteiger partial charge in [-0.05, 0) is 92.6 Å². The molecule has 0 aliphatic heterocycles. The second-order valence-corrected chi connectivity index (χ2v) is 20.2. The van der Waals surface area contributed by atoms with E-state index in [1.54, 1.807) is 0 Å². The van der Waals surface area contributed by atoms with Crippen LogP contribution in [0.25, 0.3) is 10.9 Å². The van der Waals surface area contributed by atoms with Crippen LogP contribution in [0.2, 0.25) is 0 Å². The molecule has 60 heavy (non-hydrogen) atoms. The summed E-state index contributed by atoms with van der Waals surface area (Å²) in [5.41, 5.74) is 10.4. The Bertz CT molecular complexity index is 1520. The zero-order valence-corrected chi connectivity index (χ0v) is 37.7. The normalized spacial score (nSPS) is 26.3. The summed E-state index contributed by atoms with van der Waals surface area (Å²) < 4.78 is 0. The first-order valence-electron chi connectivity index (χ1n) is 25.6. The maximum Gasteiger partial charge on any atom is 0.331 e. The highest BCUT2D eigenvalue weighted by atomic mass is 16.2. The van der Waals surface area contributed by atoms with Gasteiger partial charge in [0.1, 0.15) is 6.54 Å². The van der Waals surface area contributed by atoms with Gasteiger partial charge in [-0.25, -0.2) is 15.2 Å². The number of benzene rings is 1. The van der Waals surface area contributed by atoms with Crippen LogP contribution < -0.4 is 16.5 Å². The summed E-state index contributed by atoms with van der Waals surface area (Å²) in [7, 11) is 0. The topological polar surface area (TPSA) is 120 Å². The molecule has 8 heteroatoms. The number of carbonyl (C=O) groups excluding carboxylic acids is 3. The van der Waals surface area contributed by atoms with Gasteiger partial charge in [-0.1, -0.05) is 172 Å². The molecule has 2 aromatic rings. The third-order valence-corrected chi connectivity index (χ3v) is 15.7. The standard InChI is InChI=1S/C52H85N5O3/c53-52(60)56-57(39-47(58)36-40-29-30-44(35-40)42-25-19-15-11-7-3-4-8-12-16-20-26-42)51(59)50(37-45-38-54-49-28-22-21-27-48(45)49)55-46-33-31-43(32-34-46)41-23-17-13-9-5-1-2-6-10-14-18-24-41/h21-22,27-28,38,40-44,46,50,54-55H,1-20,23-26,29-37,39H2,(H3,53,56,60)/t40?,43?,44?,46?,50-/m1/s1. The second-order valence-electron chi connectivity index (χ2n) is 20.2. The molecule has 0 radical (unpaired) electrons. The van der Waals surface area contributed by atoms with Gasteiger partial charge in [-0.2, -0.15) is 0 Å². The van der Waals surface area contributed by atoms with Crippen LogP contribution in [0.4, 0.5) is 4.79 Å². The summed E-state index contributed by atoms with van der Waals surface area (Å²) in [4.78, 5) is 44.4. The van der Waals surface area contributed by atoms with Gasteiger partial charge < -0.3 is 16.0 Å². The van der Waals surface area contributed by atoms with E-state index in [4.69, 9.17) is 5.73 Å². The lowest BCUT2D eigenvalue weighted by Gasteiger charge is -2.37. The van der Waals surface area contributed by atoms with Crippen LogP contribution in [0.15, 0.2) is 30.5 Å². The molecule has 0 spiro atoms. The van der Waals surface area contributed by atoms with Gasteiger partial charge in [0.15, 0.2) is 5.78 Å². The summed E-state index contributed by atoms with van der Waals surface area (Å²) in [5, 5.41) is 6.15. The molecule has 336 valence electrons. The van der Waals surface area contributed by atoms with Crippen LogP contribution >= 0.6 is 0 Å². The fourth-order valence-corrected chi connectivity index (χ4v) is 12.2. The smallest absolute Gasteiger partial charge is 0.331 e. The number of H-pyrrole nitrogens is 1. The minimum absolute atomic E-state index is 0.0108. The van der Waals surface area contributed by atoms with Crippen molar-refractivity contribution in [3.05, 3.63) is 36.0 Å². The Morgan fingerprint density at radius 3 is 1.65 bits per heavy atom. The summed E-state index contributed by atoms with van der Waals surface area (Å²) in [6.45, 7) is -0.146. The van der Waals surface area contributed by atoms with Crippen molar-refractivity contribution in [3.8, 4) is 0 Å². The molecule has 8 nitrogen and oxygen atoms in total. The van der Waals surface area contributed by atoms with Gasteiger partial charge in [0.2, 0.25) is 0 Å². The number of ketones is 1. The largest absolute Gasteiger partial charge is 0.361 e. The SMILES string of the molecule is NC(=O)NN(CC(=O)CC1CCC(C2CCCCCCCCCCCC2)C1)C(=O)[C@@H](Cc1c[nH]c2ccccc12)NC1CCC(C2CCCCCCCCCCCC2)CC1. The van der Waals surface area contributed by atoms with Gasteiger partial charge in [-0.3, -0.25) is 9.59 Å². The molecule has 4 fully saturated rings. The number of para-hydroxylation sites is 1. The van der Waals surface area contributed by atoms with Crippen LogP contribution in [0, 0.1) is 29.6 Å². The predicted molar refractivity (Wildman–Crippen MR) is 247 cm³/mol. The number of carbonyl (C=O) groups is 3. The lowest BCUT2D eigenvalue weighted by molar-refractivity contribution is -0.140. The van der Waals surface area contributed by atoms with E-state index in [-0.39, 0.29) is 24.3 Å². The third kappa shape index (κ3) is 15.5. The van der Waals surface area contributed by atoms with Crippen LogP contribution in [0.1, 0.15) is 211 Å². The maximum atomic E-state index is 14.7. The van der Waals surface area contributed by atoms with E-state index in [9.17, 15) is 14.4 Å². The number of hydrogen-bond acceptors (Lipinski definition) is 4. The number of amides is 3. The molecular weight excluding hydrogens is 743 g/mol. The van der Waals surface area contributed by atoms with Crippen molar-refractivity contribution in [1.29, 1.82) is 0 Å². The molecular formula is C52H85N5O3. The van der Waals surface area contributed by atoms with Crippen molar-refractivity contribution in [1.82, 2.24) is 20.7 Å². The number of fused-ring (bicyclic) bond motifs is 1. The first-order chi connectivity index (χ1) is 29.4. The molecule has 3 atom stereocenters. The lowest BCUT2D eigenvalue weighted by Crippen LogP contribution is -2.58. The molecule has 1 aromatic heterocycles. The average molecular weight is 828 g/mol. The van der Waals surface area contributed by atoms with E-state index >= 15 is 0 Å². The number of primary amides is 1. The summed E-state index contributed by atoms with van der Waals surface area (Å²) >= 11 is 0. The van der Waals surface area contributed by atoms with E-state index in [1.165, 1.54) is 178 Å². The molecule has 0 saturated heterocycles. The Balaban J connectivity index is 1.07. The summed E-state index contributed by atoms with van der Waals surface area (Å²) in [6, 6.07) is 7.01. The summed E-state index contributed by atoms with van der Waals surface area (Å²) in [6.07, 6.45) is 43.9. The zero-order valence-electron chi connectivity index (χ0n) is 37.7. The third-order valence-electron chi connectivity index (χ3n) is 15.7. The minimum Gasteiger partial charge on any atom is -0.361 e. The molecule has 4 saturated carbocycles. The van der Waals surface area contributed by atoms with Gasteiger partial charge in [0.25, 0.3) is 5.91 Å². The average Bonchev–Trinajstić information content (AvgIpc) is 3.89. The van der Waals surface area contributed by atoms with Gasteiger partial charge in [0, 0.05) is 29.6 Å².